The molecule has 2 aromatic heterocycles. The number of carbonyl (C=O) groups is 1. The highest BCUT2D eigenvalue weighted by Crippen LogP contribution is 2.17. The zero-order valence-corrected chi connectivity index (χ0v) is 13.9. The Balaban J connectivity index is 1.56. The van der Waals surface area contributed by atoms with Crippen molar-refractivity contribution in [1.29, 1.82) is 0 Å². The van der Waals surface area contributed by atoms with Gasteiger partial charge in [0.05, 0.1) is 16.1 Å². The zero-order valence-electron chi connectivity index (χ0n) is 13.9. The molecular formula is C19H13N5O3. The smallest absolute Gasteiger partial charge is 0.277 e. The van der Waals surface area contributed by atoms with Crippen LogP contribution in [0.4, 0.5) is 11.5 Å². The lowest BCUT2D eigenvalue weighted by Crippen LogP contribution is -2.14. The minimum absolute atomic E-state index is 0.0469. The first-order valence-electron chi connectivity index (χ1n) is 8.08. The molecule has 1 amide bonds. The molecule has 0 saturated carbocycles. The van der Waals surface area contributed by atoms with Crippen molar-refractivity contribution in [3.63, 3.8) is 0 Å². The third-order valence-electron chi connectivity index (χ3n) is 3.97. The minimum atomic E-state index is -0.480. The summed E-state index contributed by atoms with van der Waals surface area (Å²) in [6.07, 6.45) is 1.57. The number of para-hydroxylation sites is 1. The van der Waals surface area contributed by atoms with Crippen molar-refractivity contribution in [3.8, 4) is 5.69 Å². The van der Waals surface area contributed by atoms with Crippen molar-refractivity contribution in [2.45, 2.75) is 0 Å². The molecule has 0 fully saturated rings. The lowest BCUT2D eigenvalue weighted by atomic mass is 10.2. The average Bonchev–Trinajstić information content (AvgIpc) is 3.18. The Bertz CT molecular complexity index is 1170. The van der Waals surface area contributed by atoms with Crippen LogP contribution in [0.3, 0.4) is 0 Å². The first kappa shape index (κ1) is 16.4. The molecule has 0 bridgehead atoms. The number of benzene rings is 2. The van der Waals surface area contributed by atoms with E-state index in [2.05, 4.69) is 15.4 Å². The molecule has 0 spiro atoms. The second kappa shape index (κ2) is 6.68. The number of pyridine rings is 1. The maximum atomic E-state index is 12.4. The molecule has 0 aliphatic rings. The van der Waals surface area contributed by atoms with Crippen LogP contribution in [0.15, 0.2) is 72.9 Å². The summed E-state index contributed by atoms with van der Waals surface area (Å²) in [5.41, 5.74) is 1.40. The fraction of sp³-hybridized carbons (Fsp3) is 0. The molecule has 1 N–H and O–H groups in total. The predicted molar refractivity (Wildman–Crippen MR) is 99.9 cm³/mol. The lowest BCUT2D eigenvalue weighted by Gasteiger charge is -2.04. The van der Waals surface area contributed by atoms with Crippen LogP contribution in [-0.4, -0.2) is 25.6 Å². The van der Waals surface area contributed by atoms with Crippen LogP contribution < -0.4 is 5.32 Å². The van der Waals surface area contributed by atoms with Gasteiger partial charge in [0.25, 0.3) is 11.6 Å². The van der Waals surface area contributed by atoms with E-state index >= 15 is 0 Å². The number of hydrogen-bond acceptors (Lipinski definition) is 5. The number of hydrogen-bond donors (Lipinski definition) is 1. The highest BCUT2D eigenvalue weighted by atomic mass is 16.6. The molecule has 0 unspecified atom stereocenters. The van der Waals surface area contributed by atoms with Crippen molar-refractivity contribution in [2.24, 2.45) is 0 Å². The molecule has 0 aliphatic carbocycles. The first-order valence-corrected chi connectivity index (χ1v) is 8.08. The van der Waals surface area contributed by atoms with E-state index in [4.69, 9.17) is 0 Å². The van der Waals surface area contributed by atoms with E-state index in [0.29, 0.717) is 11.5 Å². The molecule has 4 aromatic rings. The summed E-state index contributed by atoms with van der Waals surface area (Å²) in [6, 6.07) is 18.7. The minimum Gasteiger partial charge on any atom is -0.305 e. The Hall–Kier alpha value is -4.07. The van der Waals surface area contributed by atoms with E-state index in [-0.39, 0.29) is 11.4 Å². The van der Waals surface area contributed by atoms with E-state index < -0.39 is 10.8 Å². The van der Waals surface area contributed by atoms with Crippen LogP contribution in [0, 0.1) is 10.1 Å². The summed E-state index contributed by atoms with van der Waals surface area (Å²) in [7, 11) is 0. The Labute approximate surface area is 153 Å². The number of nitro benzene ring substituents is 1. The highest BCUT2D eigenvalue weighted by Gasteiger charge is 2.13. The van der Waals surface area contributed by atoms with Gasteiger partial charge in [-0.25, -0.2) is 9.67 Å². The number of non-ortho nitro benzene ring substituents is 1. The van der Waals surface area contributed by atoms with Crippen LogP contribution in [0.5, 0.6) is 0 Å². The SMILES string of the molecule is O=C(Nc1ccc2ccccc2n1)c1ccn(-c2cccc([N+](=O)[O-])c2)n1. The molecule has 8 nitrogen and oxygen atoms in total. The Morgan fingerprint density at radius 1 is 1.04 bits per heavy atom. The molecule has 2 aromatic carbocycles. The summed E-state index contributed by atoms with van der Waals surface area (Å²) < 4.78 is 1.41. The summed E-state index contributed by atoms with van der Waals surface area (Å²) in [5.74, 6) is 0.00515. The number of nitro groups is 1. The van der Waals surface area contributed by atoms with Gasteiger partial charge < -0.3 is 5.32 Å². The first-order chi connectivity index (χ1) is 13.1. The standard InChI is InChI=1S/C19H13N5O3/c25-19(21-18-9-8-13-4-1-2-7-16(13)20-18)17-10-11-23(22-17)14-5-3-6-15(12-14)24(26)27/h1-12H,(H,20,21,25). The van der Waals surface area contributed by atoms with Gasteiger partial charge in [-0.2, -0.15) is 5.10 Å². The van der Waals surface area contributed by atoms with Gasteiger partial charge in [0, 0.05) is 23.7 Å². The molecule has 132 valence electrons. The molecule has 8 heteroatoms. The van der Waals surface area contributed by atoms with Gasteiger partial charge in [0.15, 0.2) is 5.69 Å². The summed E-state index contributed by atoms with van der Waals surface area (Å²) in [5, 5.41) is 18.8. The van der Waals surface area contributed by atoms with E-state index in [0.717, 1.165) is 10.9 Å². The normalized spacial score (nSPS) is 10.7. The number of aromatic nitrogens is 3. The van der Waals surface area contributed by atoms with Gasteiger partial charge in [-0.15, -0.1) is 0 Å². The van der Waals surface area contributed by atoms with E-state index in [9.17, 15) is 14.9 Å². The fourth-order valence-electron chi connectivity index (χ4n) is 2.65. The quantitative estimate of drug-likeness (QED) is 0.443. The van der Waals surface area contributed by atoms with Gasteiger partial charge in [0.2, 0.25) is 0 Å². The summed E-state index contributed by atoms with van der Waals surface area (Å²) in [4.78, 5) is 27.2. The van der Waals surface area contributed by atoms with Crippen LogP contribution >= 0.6 is 0 Å². The number of anilines is 1. The second-order valence-corrected chi connectivity index (χ2v) is 5.77. The number of nitrogens with one attached hydrogen (secondary N) is 1. The Morgan fingerprint density at radius 3 is 2.74 bits per heavy atom. The van der Waals surface area contributed by atoms with E-state index in [1.54, 1.807) is 24.4 Å². The monoisotopic (exact) mass is 359 g/mol. The van der Waals surface area contributed by atoms with Crippen molar-refractivity contribution in [3.05, 3.63) is 88.7 Å². The maximum Gasteiger partial charge on any atom is 0.277 e. The van der Waals surface area contributed by atoms with Crippen LogP contribution in [0.1, 0.15) is 10.5 Å². The Morgan fingerprint density at radius 2 is 1.89 bits per heavy atom. The topological polar surface area (TPSA) is 103 Å². The second-order valence-electron chi connectivity index (χ2n) is 5.77. The van der Waals surface area contributed by atoms with Gasteiger partial charge >= 0.3 is 0 Å². The molecule has 0 radical (unpaired) electrons. The van der Waals surface area contributed by atoms with Gasteiger partial charge in [-0.05, 0) is 30.3 Å². The third kappa shape index (κ3) is 3.36. The molecule has 27 heavy (non-hydrogen) atoms. The van der Waals surface area contributed by atoms with Crippen molar-refractivity contribution in [2.75, 3.05) is 5.32 Å². The number of nitrogens with zero attached hydrogens (tertiary/aromatic N) is 4. The molecule has 2 heterocycles. The molecule has 0 aliphatic heterocycles. The predicted octanol–water partition coefficient (Wildman–Crippen LogP) is 3.58. The maximum absolute atomic E-state index is 12.4. The summed E-state index contributed by atoms with van der Waals surface area (Å²) in [6.45, 7) is 0. The van der Waals surface area contributed by atoms with E-state index in [1.165, 1.54) is 22.9 Å². The van der Waals surface area contributed by atoms with Crippen LogP contribution in [0.25, 0.3) is 16.6 Å². The van der Waals surface area contributed by atoms with Crippen LogP contribution in [-0.2, 0) is 0 Å². The Kier molecular flexibility index (Phi) is 4.06. The largest absolute Gasteiger partial charge is 0.305 e. The average molecular weight is 359 g/mol. The van der Waals surface area contributed by atoms with Gasteiger partial charge in [-0.1, -0.05) is 24.3 Å². The van der Waals surface area contributed by atoms with Crippen molar-refractivity contribution >= 4 is 28.3 Å². The number of carbonyl (C=O) groups excluding carboxylic acids is 1. The molecule has 4 rings (SSSR count). The van der Waals surface area contributed by atoms with Gasteiger partial charge in [0.1, 0.15) is 5.82 Å². The lowest BCUT2D eigenvalue weighted by molar-refractivity contribution is -0.384. The number of amides is 1. The number of fused-ring (bicyclic) bond motifs is 1. The zero-order chi connectivity index (χ0) is 18.8. The van der Waals surface area contributed by atoms with Gasteiger partial charge in [-0.3, -0.25) is 14.9 Å². The number of rotatable bonds is 4. The molecular weight excluding hydrogens is 346 g/mol. The van der Waals surface area contributed by atoms with Crippen LogP contribution in [0.2, 0.25) is 0 Å². The fourth-order valence-corrected chi connectivity index (χ4v) is 2.65. The summed E-state index contributed by atoms with van der Waals surface area (Å²) >= 11 is 0. The van der Waals surface area contributed by atoms with Crippen molar-refractivity contribution in [1.82, 2.24) is 14.8 Å². The highest BCUT2D eigenvalue weighted by molar-refractivity contribution is 6.02. The molecule has 0 saturated heterocycles. The molecule has 0 atom stereocenters. The third-order valence-corrected chi connectivity index (χ3v) is 3.97. The van der Waals surface area contributed by atoms with Crippen molar-refractivity contribution < 1.29 is 9.72 Å². The van der Waals surface area contributed by atoms with E-state index in [1.807, 2.05) is 30.3 Å².